The Hall–Kier alpha value is -2.21. The molecular weight excluding hydrogens is 354 g/mol. The molecule has 118 valence electrons. The number of pyridine rings is 1. The van der Waals surface area contributed by atoms with Crippen LogP contribution >= 0.6 is 15.9 Å². The Morgan fingerprint density at radius 1 is 1.22 bits per heavy atom. The minimum Gasteiger partial charge on any atom is -0.369 e. The number of fused-ring (bicyclic) bond motifs is 1. The molecule has 0 radical (unpaired) electrons. The van der Waals surface area contributed by atoms with Crippen molar-refractivity contribution in [2.45, 2.75) is 25.7 Å². The molecule has 2 aromatic rings. The zero-order valence-corrected chi connectivity index (χ0v) is 14.4. The van der Waals surface area contributed by atoms with Crippen LogP contribution in [0.15, 0.2) is 51.2 Å². The fourth-order valence-electron chi connectivity index (χ4n) is 3.04. The lowest BCUT2D eigenvalue weighted by Crippen LogP contribution is -2.24. The molecule has 0 amide bonds. The molecule has 1 aliphatic carbocycles. The van der Waals surface area contributed by atoms with Gasteiger partial charge in [-0.15, -0.1) is 5.10 Å². The highest BCUT2D eigenvalue weighted by atomic mass is 79.9. The van der Waals surface area contributed by atoms with E-state index in [1.54, 1.807) is 0 Å². The maximum Gasteiger partial charge on any atom is 0.211 e. The molecular formula is C17H18BrN5. The van der Waals surface area contributed by atoms with Gasteiger partial charge in [-0.1, -0.05) is 34.1 Å². The van der Waals surface area contributed by atoms with Crippen LogP contribution in [0.1, 0.15) is 34.7 Å². The van der Waals surface area contributed by atoms with E-state index >= 15 is 0 Å². The Kier molecular flexibility index (Phi) is 4.43. The van der Waals surface area contributed by atoms with Crippen LogP contribution in [0.3, 0.4) is 0 Å². The van der Waals surface area contributed by atoms with Crippen LogP contribution in [0.5, 0.6) is 0 Å². The molecule has 4 N–H and O–H groups in total. The predicted molar refractivity (Wildman–Crippen MR) is 96.5 cm³/mol. The largest absolute Gasteiger partial charge is 0.369 e. The number of aryl methyl sites for hydroxylation is 1. The van der Waals surface area contributed by atoms with Crippen molar-refractivity contribution < 1.29 is 0 Å². The van der Waals surface area contributed by atoms with Gasteiger partial charge in [-0.2, -0.15) is 5.10 Å². The summed E-state index contributed by atoms with van der Waals surface area (Å²) in [5, 5.41) is 8.15. The molecule has 0 spiro atoms. The summed E-state index contributed by atoms with van der Waals surface area (Å²) in [5.74, 6) is 0.254. The molecule has 5 nitrogen and oxygen atoms in total. The normalized spacial score (nSPS) is 18.5. The molecule has 1 heterocycles. The lowest BCUT2D eigenvalue weighted by molar-refractivity contribution is 0.674. The van der Waals surface area contributed by atoms with Crippen LogP contribution in [0.25, 0.3) is 0 Å². The van der Waals surface area contributed by atoms with Crippen LogP contribution < -0.4 is 11.5 Å². The number of aromatic nitrogens is 1. The summed E-state index contributed by atoms with van der Waals surface area (Å²) in [6, 6.07) is 10.2. The highest BCUT2D eigenvalue weighted by Crippen LogP contribution is 2.36. The first kappa shape index (κ1) is 15.7. The molecule has 6 heteroatoms. The summed E-state index contributed by atoms with van der Waals surface area (Å²) in [7, 11) is 0. The van der Waals surface area contributed by atoms with E-state index < -0.39 is 0 Å². The van der Waals surface area contributed by atoms with Gasteiger partial charge in [0.15, 0.2) is 0 Å². The first-order valence-electron chi connectivity index (χ1n) is 7.41. The van der Waals surface area contributed by atoms with Crippen LogP contribution in [-0.2, 0) is 6.42 Å². The number of nitrogens with two attached hydrogens (primary N) is 2. The van der Waals surface area contributed by atoms with Crippen molar-refractivity contribution in [3.8, 4) is 0 Å². The molecule has 0 fully saturated rings. The molecule has 1 aromatic heterocycles. The van der Waals surface area contributed by atoms with Gasteiger partial charge in [-0.25, -0.2) is 0 Å². The van der Waals surface area contributed by atoms with Gasteiger partial charge in [0.2, 0.25) is 5.96 Å². The number of hydrogen-bond acceptors (Lipinski definition) is 3. The van der Waals surface area contributed by atoms with E-state index in [0.29, 0.717) is 5.92 Å². The van der Waals surface area contributed by atoms with E-state index in [9.17, 15) is 0 Å². The first-order valence-corrected chi connectivity index (χ1v) is 8.20. The van der Waals surface area contributed by atoms with Crippen molar-refractivity contribution >= 4 is 27.6 Å². The van der Waals surface area contributed by atoms with Crippen molar-refractivity contribution in [3.63, 3.8) is 0 Å². The second kappa shape index (κ2) is 6.50. The standard InChI is InChI=1S/C17H18BrN5/c1-10-6-7-21-14-8-11(12-4-2-3-5-13(12)18)9-15(16(10)14)22-23-17(19)20/h2-7,11H,8-9H2,1H3,(H4,19,20,23)/b22-15+. The third-order valence-corrected chi connectivity index (χ3v) is 4.76. The van der Waals surface area contributed by atoms with E-state index in [0.717, 1.165) is 39.8 Å². The summed E-state index contributed by atoms with van der Waals surface area (Å²) >= 11 is 3.64. The number of halogens is 1. The average molecular weight is 372 g/mol. The third kappa shape index (κ3) is 3.27. The number of benzene rings is 1. The summed E-state index contributed by atoms with van der Waals surface area (Å²) < 4.78 is 1.10. The number of hydrogen-bond donors (Lipinski definition) is 2. The quantitative estimate of drug-likeness (QED) is 0.483. The maximum absolute atomic E-state index is 5.44. The molecule has 3 rings (SSSR count). The van der Waals surface area contributed by atoms with Crippen molar-refractivity contribution in [2.24, 2.45) is 21.7 Å². The molecule has 0 aliphatic heterocycles. The molecule has 0 saturated heterocycles. The first-order chi connectivity index (χ1) is 11.1. The van der Waals surface area contributed by atoms with Crippen molar-refractivity contribution in [3.05, 3.63) is 63.4 Å². The van der Waals surface area contributed by atoms with Crippen LogP contribution in [0.2, 0.25) is 0 Å². The van der Waals surface area contributed by atoms with Gasteiger partial charge in [0.1, 0.15) is 0 Å². The summed E-state index contributed by atoms with van der Waals surface area (Å²) in [4.78, 5) is 4.56. The van der Waals surface area contributed by atoms with E-state index in [2.05, 4.69) is 50.2 Å². The highest BCUT2D eigenvalue weighted by Gasteiger charge is 2.28. The Morgan fingerprint density at radius 3 is 2.74 bits per heavy atom. The van der Waals surface area contributed by atoms with E-state index in [4.69, 9.17) is 11.5 Å². The Bertz CT molecular complexity index is 793. The number of rotatable bonds is 2. The average Bonchev–Trinajstić information content (AvgIpc) is 2.53. The molecule has 1 unspecified atom stereocenters. The minimum absolute atomic E-state index is 0.0383. The van der Waals surface area contributed by atoms with Gasteiger partial charge in [0, 0.05) is 16.2 Å². The SMILES string of the molecule is Cc1ccnc2c1/C(=N/N=C(N)N)CC(c1ccccc1Br)C2. The Morgan fingerprint density at radius 2 is 2.00 bits per heavy atom. The molecule has 1 atom stereocenters. The van der Waals surface area contributed by atoms with Gasteiger partial charge in [-0.05, 0) is 48.9 Å². The van der Waals surface area contributed by atoms with Gasteiger partial charge >= 0.3 is 0 Å². The zero-order chi connectivity index (χ0) is 16.4. The lowest BCUT2D eigenvalue weighted by atomic mass is 9.80. The molecule has 1 aliphatic rings. The van der Waals surface area contributed by atoms with E-state index in [-0.39, 0.29) is 5.96 Å². The zero-order valence-electron chi connectivity index (χ0n) is 12.8. The minimum atomic E-state index is -0.0383. The topological polar surface area (TPSA) is 89.6 Å². The van der Waals surface area contributed by atoms with Crippen LogP contribution in [-0.4, -0.2) is 16.7 Å². The van der Waals surface area contributed by atoms with Gasteiger partial charge in [0.25, 0.3) is 0 Å². The fourth-order valence-corrected chi connectivity index (χ4v) is 3.65. The second-order valence-corrected chi connectivity index (χ2v) is 6.50. The summed E-state index contributed by atoms with van der Waals surface area (Å²) in [6.07, 6.45) is 3.49. The molecule has 1 aromatic carbocycles. The predicted octanol–water partition coefficient (Wildman–Crippen LogP) is 2.86. The smallest absolute Gasteiger partial charge is 0.211 e. The van der Waals surface area contributed by atoms with Gasteiger partial charge in [0.05, 0.1) is 11.4 Å². The third-order valence-electron chi connectivity index (χ3n) is 4.04. The van der Waals surface area contributed by atoms with Crippen LogP contribution in [0.4, 0.5) is 0 Å². The number of guanidine groups is 1. The molecule has 0 bridgehead atoms. The van der Waals surface area contributed by atoms with Crippen molar-refractivity contribution in [2.75, 3.05) is 0 Å². The Labute approximate surface area is 143 Å². The van der Waals surface area contributed by atoms with Crippen molar-refractivity contribution in [1.82, 2.24) is 4.98 Å². The van der Waals surface area contributed by atoms with E-state index in [1.807, 2.05) is 24.4 Å². The van der Waals surface area contributed by atoms with E-state index in [1.165, 1.54) is 5.56 Å². The highest BCUT2D eigenvalue weighted by molar-refractivity contribution is 9.10. The summed E-state index contributed by atoms with van der Waals surface area (Å²) in [6.45, 7) is 2.06. The summed E-state index contributed by atoms with van der Waals surface area (Å²) in [5.41, 5.74) is 16.3. The number of nitrogens with zero attached hydrogens (tertiary/aromatic N) is 3. The van der Waals surface area contributed by atoms with Gasteiger partial charge in [-0.3, -0.25) is 4.98 Å². The van der Waals surface area contributed by atoms with Gasteiger partial charge < -0.3 is 11.5 Å². The molecule has 0 saturated carbocycles. The van der Waals surface area contributed by atoms with Crippen LogP contribution in [0, 0.1) is 6.92 Å². The maximum atomic E-state index is 5.44. The lowest BCUT2D eigenvalue weighted by Gasteiger charge is -2.27. The monoisotopic (exact) mass is 371 g/mol. The Balaban J connectivity index is 2.08. The van der Waals surface area contributed by atoms with Crippen molar-refractivity contribution in [1.29, 1.82) is 0 Å². The second-order valence-electron chi connectivity index (χ2n) is 5.65. The molecule has 23 heavy (non-hydrogen) atoms. The fraction of sp³-hybridized carbons (Fsp3) is 0.235.